The Bertz CT molecular complexity index is 378. The highest BCUT2D eigenvalue weighted by molar-refractivity contribution is 5.42. The number of halogens is 1. The van der Waals surface area contributed by atoms with Gasteiger partial charge in [-0.05, 0) is 12.1 Å². The minimum absolute atomic E-state index is 0.105. The van der Waals surface area contributed by atoms with Crippen molar-refractivity contribution in [3.05, 3.63) is 23.5 Å². The molecule has 2 N–H and O–H groups in total. The maximum atomic E-state index is 13.9. The van der Waals surface area contributed by atoms with Crippen LogP contribution in [0.2, 0.25) is 0 Å². The fraction of sp³-hybridized carbons (Fsp3) is 0.455. The molecule has 1 aliphatic rings. The number of ether oxygens (including phenoxy) is 2. The van der Waals surface area contributed by atoms with Crippen molar-refractivity contribution in [2.45, 2.75) is 6.10 Å². The lowest BCUT2D eigenvalue weighted by Gasteiger charge is -2.25. The molecule has 0 aromatic heterocycles. The lowest BCUT2D eigenvalue weighted by molar-refractivity contribution is 0.0238. The molecule has 1 aromatic carbocycles. The van der Waals surface area contributed by atoms with Crippen LogP contribution in [0, 0.1) is 5.82 Å². The van der Waals surface area contributed by atoms with Crippen LogP contribution in [0.5, 0.6) is 11.5 Å². The average molecular weight is 227 g/mol. The van der Waals surface area contributed by atoms with Gasteiger partial charge in [0.2, 0.25) is 0 Å². The highest BCUT2D eigenvalue weighted by Gasteiger charge is 2.25. The molecule has 5 heteroatoms. The molecule has 1 unspecified atom stereocenters. The number of aromatic hydroxyl groups is 1. The molecule has 1 saturated heterocycles. The number of phenolic OH excluding ortho intramolecular Hbond substituents is 1. The summed E-state index contributed by atoms with van der Waals surface area (Å²) < 4.78 is 24.2. The SMILES string of the molecule is COc1ccc(O)c(C2CNCCO2)c1F. The second-order valence-corrected chi connectivity index (χ2v) is 3.58. The van der Waals surface area contributed by atoms with Gasteiger partial charge in [-0.15, -0.1) is 0 Å². The Balaban J connectivity index is 2.37. The summed E-state index contributed by atoms with van der Waals surface area (Å²) in [6.07, 6.45) is -0.469. The smallest absolute Gasteiger partial charge is 0.174 e. The van der Waals surface area contributed by atoms with Crippen molar-refractivity contribution >= 4 is 0 Å². The van der Waals surface area contributed by atoms with E-state index in [0.29, 0.717) is 13.2 Å². The monoisotopic (exact) mass is 227 g/mol. The number of benzene rings is 1. The number of hydrogen-bond acceptors (Lipinski definition) is 4. The molecule has 0 spiro atoms. The third-order valence-corrected chi connectivity index (χ3v) is 2.59. The number of nitrogens with one attached hydrogen (secondary N) is 1. The largest absolute Gasteiger partial charge is 0.507 e. The Kier molecular flexibility index (Phi) is 3.26. The third kappa shape index (κ3) is 1.96. The first-order valence-electron chi connectivity index (χ1n) is 5.11. The molecule has 0 amide bonds. The third-order valence-electron chi connectivity index (χ3n) is 2.59. The van der Waals surface area contributed by atoms with Gasteiger partial charge in [0.1, 0.15) is 11.9 Å². The maximum absolute atomic E-state index is 13.9. The summed E-state index contributed by atoms with van der Waals surface area (Å²) >= 11 is 0. The molecule has 1 heterocycles. The molecule has 88 valence electrons. The van der Waals surface area contributed by atoms with Gasteiger partial charge < -0.3 is 19.9 Å². The van der Waals surface area contributed by atoms with Crippen molar-refractivity contribution in [3.8, 4) is 11.5 Å². The average Bonchev–Trinajstić information content (AvgIpc) is 2.31. The molecule has 0 bridgehead atoms. The highest BCUT2D eigenvalue weighted by Crippen LogP contribution is 2.34. The molecule has 0 aliphatic carbocycles. The van der Waals surface area contributed by atoms with Crippen LogP contribution < -0.4 is 10.1 Å². The van der Waals surface area contributed by atoms with Gasteiger partial charge in [-0.3, -0.25) is 0 Å². The van der Waals surface area contributed by atoms with E-state index in [9.17, 15) is 9.50 Å². The van der Waals surface area contributed by atoms with Crippen LogP contribution >= 0.6 is 0 Å². The first kappa shape index (κ1) is 11.2. The quantitative estimate of drug-likeness (QED) is 0.797. The van der Waals surface area contributed by atoms with Crippen LogP contribution in [0.1, 0.15) is 11.7 Å². The summed E-state index contributed by atoms with van der Waals surface area (Å²) in [6, 6.07) is 2.81. The minimum atomic E-state index is -0.559. The van der Waals surface area contributed by atoms with E-state index in [1.165, 1.54) is 19.2 Å². The standard InChI is InChI=1S/C11H14FNO3/c1-15-8-3-2-7(14)10(11(8)12)9-6-13-4-5-16-9/h2-3,9,13-14H,4-6H2,1H3. The van der Waals surface area contributed by atoms with Gasteiger partial charge in [0.05, 0.1) is 19.3 Å². The van der Waals surface area contributed by atoms with Gasteiger partial charge in [0, 0.05) is 13.1 Å². The first-order valence-corrected chi connectivity index (χ1v) is 5.11. The Hall–Kier alpha value is -1.33. The van der Waals surface area contributed by atoms with Gasteiger partial charge >= 0.3 is 0 Å². The summed E-state index contributed by atoms with van der Waals surface area (Å²) in [5, 5.41) is 12.7. The molecule has 1 aromatic rings. The van der Waals surface area contributed by atoms with E-state index < -0.39 is 11.9 Å². The minimum Gasteiger partial charge on any atom is -0.507 e. The number of rotatable bonds is 2. The van der Waals surface area contributed by atoms with Crippen LogP contribution in [0.3, 0.4) is 0 Å². The van der Waals surface area contributed by atoms with E-state index in [2.05, 4.69) is 5.32 Å². The van der Waals surface area contributed by atoms with Crippen LogP contribution in [0.15, 0.2) is 12.1 Å². The van der Waals surface area contributed by atoms with Gasteiger partial charge in [-0.1, -0.05) is 0 Å². The van der Waals surface area contributed by atoms with Crippen LogP contribution in [0.4, 0.5) is 4.39 Å². The molecule has 0 radical (unpaired) electrons. The van der Waals surface area contributed by atoms with Crippen molar-refractivity contribution in [2.75, 3.05) is 26.8 Å². The number of morpholine rings is 1. The number of methoxy groups -OCH3 is 1. The molecule has 1 fully saturated rings. The van der Waals surface area contributed by atoms with E-state index in [4.69, 9.17) is 9.47 Å². The molecule has 2 rings (SSSR count). The van der Waals surface area contributed by atoms with Crippen LogP contribution in [-0.2, 0) is 4.74 Å². The molecule has 1 aliphatic heterocycles. The Morgan fingerprint density at radius 3 is 3.00 bits per heavy atom. The fourth-order valence-electron chi connectivity index (χ4n) is 1.78. The normalized spacial score (nSPS) is 20.8. The summed E-state index contributed by atoms with van der Waals surface area (Å²) in [6.45, 7) is 1.72. The molecular formula is C11H14FNO3. The Labute approximate surface area is 93.0 Å². The zero-order valence-corrected chi connectivity index (χ0v) is 9.00. The van der Waals surface area contributed by atoms with Crippen molar-refractivity contribution in [2.24, 2.45) is 0 Å². The molecular weight excluding hydrogens is 213 g/mol. The molecule has 4 nitrogen and oxygen atoms in total. The van der Waals surface area contributed by atoms with Gasteiger partial charge in [0.25, 0.3) is 0 Å². The van der Waals surface area contributed by atoms with Crippen molar-refractivity contribution < 1.29 is 19.0 Å². The molecule has 1 atom stereocenters. The topological polar surface area (TPSA) is 50.7 Å². The van der Waals surface area contributed by atoms with Crippen LogP contribution in [-0.4, -0.2) is 31.9 Å². The van der Waals surface area contributed by atoms with Crippen molar-refractivity contribution in [1.82, 2.24) is 5.32 Å². The van der Waals surface area contributed by atoms with Gasteiger partial charge in [-0.2, -0.15) is 0 Å². The Morgan fingerprint density at radius 2 is 2.38 bits per heavy atom. The van der Waals surface area contributed by atoms with E-state index in [0.717, 1.165) is 6.54 Å². The summed E-state index contributed by atoms with van der Waals surface area (Å²) in [5.74, 6) is -0.551. The summed E-state index contributed by atoms with van der Waals surface area (Å²) in [7, 11) is 1.39. The van der Waals surface area contributed by atoms with E-state index in [1.807, 2.05) is 0 Å². The van der Waals surface area contributed by atoms with Gasteiger partial charge in [-0.25, -0.2) is 4.39 Å². The lowest BCUT2D eigenvalue weighted by atomic mass is 10.1. The predicted molar refractivity (Wildman–Crippen MR) is 56.2 cm³/mol. The predicted octanol–water partition coefficient (Wildman–Crippen LogP) is 1.20. The summed E-state index contributed by atoms with van der Waals surface area (Å²) in [4.78, 5) is 0. The second-order valence-electron chi connectivity index (χ2n) is 3.58. The maximum Gasteiger partial charge on any atom is 0.174 e. The molecule has 0 saturated carbocycles. The zero-order chi connectivity index (χ0) is 11.5. The van der Waals surface area contributed by atoms with E-state index in [-0.39, 0.29) is 17.1 Å². The fourth-order valence-corrected chi connectivity index (χ4v) is 1.78. The molecule has 16 heavy (non-hydrogen) atoms. The Morgan fingerprint density at radius 1 is 1.56 bits per heavy atom. The van der Waals surface area contributed by atoms with E-state index in [1.54, 1.807) is 0 Å². The highest BCUT2D eigenvalue weighted by atomic mass is 19.1. The number of hydrogen-bond donors (Lipinski definition) is 2. The van der Waals surface area contributed by atoms with Crippen molar-refractivity contribution in [1.29, 1.82) is 0 Å². The van der Waals surface area contributed by atoms with Crippen molar-refractivity contribution in [3.63, 3.8) is 0 Å². The lowest BCUT2D eigenvalue weighted by Crippen LogP contribution is -2.33. The zero-order valence-electron chi connectivity index (χ0n) is 9.00. The van der Waals surface area contributed by atoms with Crippen LogP contribution in [0.25, 0.3) is 0 Å². The summed E-state index contributed by atoms with van der Waals surface area (Å²) in [5.41, 5.74) is 0.159. The second kappa shape index (κ2) is 4.67. The number of phenols is 1. The first-order chi connectivity index (χ1) is 7.74. The van der Waals surface area contributed by atoms with E-state index >= 15 is 0 Å². The van der Waals surface area contributed by atoms with Gasteiger partial charge in [0.15, 0.2) is 11.6 Å².